The Kier molecular flexibility index (Phi) is 3.35. The zero-order chi connectivity index (χ0) is 13.5. The van der Waals surface area contributed by atoms with Gasteiger partial charge in [-0.1, -0.05) is 6.42 Å². The molecule has 1 unspecified atom stereocenters. The van der Waals surface area contributed by atoms with E-state index < -0.39 is 15.8 Å². The fourth-order valence-electron chi connectivity index (χ4n) is 3.10. The first kappa shape index (κ1) is 13.1. The Morgan fingerprint density at radius 1 is 1.05 bits per heavy atom. The van der Waals surface area contributed by atoms with Gasteiger partial charge in [0, 0.05) is 12.6 Å². The molecule has 2 aliphatic rings. The second-order valence-corrected chi connectivity index (χ2v) is 7.36. The first-order chi connectivity index (χ1) is 9.09. The molecule has 5 heteroatoms. The maximum Gasteiger partial charge on any atom is 0.243 e. The Morgan fingerprint density at radius 2 is 1.74 bits per heavy atom. The molecule has 0 aromatic heterocycles. The average molecular weight is 283 g/mol. The molecule has 1 aliphatic heterocycles. The van der Waals surface area contributed by atoms with Crippen LogP contribution in [0.15, 0.2) is 29.2 Å². The molecule has 0 bridgehead atoms. The van der Waals surface area contributed by atoms with E-state index in [0.717, 1.165) is 25.7 Å². The first-order valence-corrected chi connectivity index (χ1v) is 8.30. The molecule has 1 atom stereocenters. The van der Waals surface area contributed by atoms with Gasteiger partial charge in [-0.2, -0.15) is 4.31 Å². The van der Waals surface area contributed by atoms with Crippen LogP contribution in [0, 0.1) is 11.7 Å². The van der Waals surface area contributed by atoms with Gasteiger partial charge in [-0.25, -0.2) is 12.8 Å². The van der Waals surface area contributed by atoms with Crippen molar-refractivity contribution in [1.82, 2.24) is 4.31 Å². The lowest BCUT2D eigenvalue weighted by atomic mass is 9.79. The fourth-order valence-corrected chi connectivity index (χ4v) is 4.86. The van der Waals surface area contributed by atoms with Crippen LogP contribution in [0.3, 0.4) is 0 Å². The zero-order valence-corrected chi connectivity index (χ0v) is 11.6. The van der Waals surface area contributed by atoms with Gasteiger partial charge in [-0.15, -0.1) is 0 Å². The molecule has 1 aliphatic carbocycles. The minimum Gasteiger partial charge on any atom is -0.207 e. The highest BCUT2D eigenvalue weighted by atomic mass is 32.2. The summed E-state index contributed by atoms with van der Waals surface area (Å²) in [5.41, 5.74) is 0. The molecule has 104 valence electrons. The molecule has 3 nitrogen and oxygen atoms in total. The average Bonchev–Trinajstić information content (AvgIpc) is 2.77. The molecule has 0 N–H and O–H groups in total. The van der Waals surface area contributed by atoms with Gasteiger partial charge in [0.25, 0.3) is 0 Å². The molecule has 1 aromatic carbocycles. The molecule has 3 rings (SSSR count). The summed E-state index contributed by atoms with van der Waals surface area (Å²) in [7, 11) is -3.46. The summed E-state index contributed by atoms with van der Waals surface area (Å²) >= 11 is 0. The molecule has 0 amide bonds. The SMILES string of the molecule is O=S(=O)(c1ccc(F)cc1)N1CCCC1C1CCC1. The van der Waals surface area contributed by atoms with Crippen LogP contribution in [-0.4, -0.2) is 25.3 Å². The smallest absolute Gasteiger partial charge is 0.207 e. The number of nitrogens with zero attached hydrogens (tertiary/aromatic N) is 1. The minimum atomic E-state index is -3.46. The van der Waals surface area contributed by atoms with Crippen molar-refractivity contribution in [3.8, 4) is 0 Å². The summed E-state index contributed by atoms with van der Waals surface area (Å²) in [5, 5.41) is 0. The lowest BCUT2D eigenvalue weighted by Crippen LogP contribution is -2.42. The van der Waals surface area contributed by atoms with Crippen molar-refractivity contribution in [3.63, 3.8) is 0 Å². The van der Waals surface area contributed by atoms with Gasteiger partial charge in [-0.3, -0.25) is 0 Å². The number of sulfonamides is 1. The summed E-state index contributed by atoms with van der Waals surface area (Å²) in [5.74, 6) is 0.119. The van der Waals surface area contributed by atoms with Crippen LogP contribution in [0.4, 0.5) is 4.39 Å². The van der Waals surface area contributed by atoms with Crippen LogP contribution < -0.4 is 0 Å². The van der Waals surface area contributed by atoms with Gasteiger partial charge in [-0.05, 0) is 55.9 Å². The van der Waals surface area contributed by atoms with E-state index in [0.29, 0.717) is 12.5 Å². The van der Waals surface area contributed by atoms with Crippen molar-refractivity contribution < 1.29 is 12.8 Å². The normalized spacial score (nSPS) is 25.4. The standard InChI is InChI=1S/C14H18FNO2S/c15-12-6-8-13(9-7-12)19(17,18)16-10-2-5-14(16)11-3-1-4-11/h6-9,11,14H,1-5,10H2. The predicted octanol–water partition coefficient (Wildman–Crippen LogP) is 2.78. The summed E-state index contributed by atoms with van der Waals surface area (Å²) in [6.45, 7) is 0.598. The maximum absolute atomic E-state index is 12.9. The van der Waals surface area contributed by atoms with E-state index in [1.165, 1.54) is 30.7 Å². The fraction of sp³-hybridized carbons (Fsp3) is 0.571. The Bertz CT molecular complexity index is 551. The molecule has 2 fully saturated rings. The van der Waals surface area contributed by atoms with Gasteiger partial charge >= 0.3 is 0 Å². The van der Waals surface area contributed by atoms with Crippen molar-refractivity contribution in [2.45, 2.75) is 43.0 Å². The van der Waals surface area contributed by atoms with Crippen molar-refractivity contribution in [2.75, 3.05) is 6.54 Å². The number of hydrogen-bond donors (Lipinski definition) is 0. The molecule has 0 radical (unpaired) electrons. The Balaban J connectivity index is 1.88. The van der Waals surface area contributed by atoms with Crippen LogP contribution >= 0.6 is 0 Å². The maximum atomic E-state index is 12.9. The zero-order valence-electron chi connectivity index (χ0n) is 10.8. The van der Waals surface area contributed by atoms with Crippen LogP contribution in [-0.2, 0) is 10.0 Å². The predicted molar refractivity (Wildman–Crippen MR) is 70.7 cm³/mol. The van der Waals surface area contributed by atoms with Gasteiger partial charge < -0.3 is 0 Å². The molecule has 1 heterocycles. The molecule has 1 saturated heterocycles. The lowest BCUT2D eigenvalue weighted by molar-refractivity contribution is 0.191. The van der Waals surface area contributed by atoms with E-state index in [1.807, 2.05) is 0 Å². The molecular formula is C14H18FNO2S. The van der Waals surface area contributed by atoms with Gasteiger partial charge in [0.15, 0.2) is 0 Å². The number of halogens is 1. The van der Waals surface area contributed by atoms with Crippen molar-refractivity contribution in [2.24, 2.45) is 5.92 Å². The van der Waals surface area contributed by atoms with Gasteiger partial charge in [0.1, 0.15) is 5.82 Å². The topological polar surface area (TPSA) is 37.4 Å². The summed E-state index contributed by atoms with van der Waals surface area (Å²) in [6.07, 6.45) is 5.39. The summed E-state index contributed by atoms with van der Waals surface area (Å²) < 4.78 is 39.8. The van der Waals surface area contributed by atoms with Crippen molar-refractivity contribution >= 4 is 10.0 Å². The quantitative estimate of drug-likeness (QED) is 0.855. The van der Waals surface area contributed by atoms with E-state index >= 15 is 0 Å². The highest BCUT2D eigenvalue weighted by Crippen LogP contribution is 2.39. The van der Waals surface area contributed by atoms with Crippen molar-refractivity contribution in [3.05, 3.63) is 30.1 Å². The molecule has 1 aromatic rings. The lowest BCUT2D eigenvalue weighted by Gasteiger charge is -2.36. The second-order valence-electron chi connectivity index (χ2n) is 5.47. The third kappa shape index (κ3) is 2.30. The van der Waals surface area contributed by atoms with E-state index in [1.54, 1.807) is 4.31 Å². The monoisotopic (exact) mass is 283 g/mol. The van der Waals surface area contributed by atoms with Crippen LogP contribution in [0.5, 0.6) is 0 Å². The molecular weight excluding hydrogens is 265 g/mol. The minimum absolute atomic E-state index is 0.156. The number of hydrogen-bond acceptors (Lipinski definition) is 2. The van der Waals surface area contributed by atoms with Crippen LogP contribution in [0.25, 0.3) is 0 Å². The van der Waals surface area contributed by atoms with Crippen LogP contribution in [0.1, 0.15) is 32.1 Å². The highest BCUT2D eigenvalue weighted by Gasteiger charge is 2.41. The Labute approximate surface area is 113 Å². The van der Waals surface area contributed by atoms with E-state index in [2.05, 4.69) is 0 Å². The second kappa shape index (κ2) is 4.87. The number of benzene rings is 1. The van der Waals surface area contributed by atoms with Crippen LogP contribution in [0.2, 0.25) is 0 Å². The highest BCUT2D eigenvalue weighted by molar-refractivity contribution is 7.89. The van der Waals surface area contributed by atoms with Gasteiger partial charge in [0.2, 0.25) is 10.0 Å². The van der Waals surface area contributed by atoms with E-state index in [-0.39, 0.29) is 10.9 Å². The molecule has 19 heavy (non-hydrogen) atoms. The summed E-state index contributed by atoms with van der Waals surface area (Å²) in [4.78, 5) is 0.208. The Morgan fingerprint density at radius 3 is 2.32 bits per heavy atom. The third-order valence-electron chi connectivity index (χ3n) is 4.36. The number of rotatable bonds is 3. The third-order valence-corrected chi connectivity index (χ3v) is 6.30. The van der Waals surface area contributed by atoms with Gasteiger partial charge in [0.05, 0.1) is 4.90 Å². The summed E-state index contributed by atoms with van der Waals surface area (Å²) in [6, 6.07) is 5.30. The Hall–Kier alpha value is -0.940. The molecule has 0 spiro atoms. The van der Waals surface area contributed by atoms with E-state index in [4.69, 9.17) is 0 Å². The molecule has 1 saturated carbocycles. The largest absolute Gasteiger partial charge is 0.243 e. The van der Waals surface area contributed by atoms with Crippen molar-refractivity contribution in [1.29, 1.82) is 0 Å². The first-order valence-electron chi connectivity index (χ1n) is 6.86. The van der Waals surface area contributed by atoms with E-state index in [9.17, 15) is 12.8 Å².